The first-order chi connectivity index (χ1) is 10.7. The number of ether oxygens (including phenoxy) is 4. The third kappa shape index (κ3) is 19.0. The van der Waals surface area contributed by atoms with E-state index in [-0.39, 0.29) is 30.9 Å². The van der Waals surface area contributed by atoms with Crippen molar-refractivity contribution < 1.29 is 18.9 Å². The second kappa shape index (κ2) is 22.0. The molecule has 0 aliphatic carbocycles. The van der Waals surface area contributed by atoms with Gasteiger partial charge in [0.25, 0.3) is 0 Å². The van der Waals surface area contributed by atoms with Crippen LogP contribution in [0.5, 0.6) is 0 Å². The summed E-state index contributed by atoms with van der Waals surface area (Å²) in [6, 6.07) is 2.53. The van der Waals surface area contributed by atoms with E-state index in [1.165, 1.54) is 24.9 Å². The number of hydrogen-bond donors (Lipinski definition) is 2. The Morgan fingerprint density at radius 3 is 1.50 bits per heavy atom. The Hall–Kier alpha value is 0.974. The third-order valence-corrected chi connectivity index (χ3v) is 7.46. The van der Waals surface area contributed by atoms with Crippen LogP contribution in [0.25, 0.3) is 0 Å². The van der Waals surface area contributed by atoms with Crippen molar-refractivity contribution >= 4 is 44.3 Å². The molecule has 8 heteroatoms. The molecule has 0 N–H and O–H groups in total. The van der Waals surface area contributed by atoms with Crippen LogP contribution in [-0.4, -0.2) is 69.8 Å². The first-order valence-corrected chi connectivity index (χ1v) is 13.1. The van der Waals surface area contributed by atoms with Gasteiger partial charge in [-0.05, 0) is 38.2 Å². The van der Waals surface area contributed by atoms with Crippen LogP contribution in [0.2, 0.25) is 12.1 Å². The zero-order valence-corrected chi connectivity index (χ0v) is 19.4. The monoisotopic (exact) mass is 388 g/mol. The fourth-order valence-electron chi connectivity index (χ4n) is 1.76. The van der Waals surface area contributed by atoms with Gasteiger partial charge >= 0.3 is 0 Å². The minimum atomic E-state index is -0.201. The van der Waals surface area contributed by atoms with E-state index in [1.54, 1.807) is 14.2 Å². The zero-order chi connectivity index (χ0) is 17.1. The fraction of sp³-hybridized carbons (Fsp3) is 1.00. The van der Waals surface area contributed by atoms with Gasteiger partial charge in [0.1, 0.15) is 11.8 Å². The quantitative estimate of drug-likeness (QED) is 0.206. The Morgan fingerprint density at radius 2 is 1.18 bits per heavy atom. The van der Waals surface area contributed by atoms with Crippen LogP contribution in [-0.2, 0) is 18.9 Å². The van der Waals surface area contributed by atoms with E-state index < -0.39 is 0 Å². The normalized spacial score (nSPS) is 12.0. The molecular weight excluding hydrogens is 352 g/mol. The molecule has 0 bridgehead atoms. The van der Waals surface area contributed by atoms with E-state index in [0.29, 0.717) is 0 Å². The molecule has 0 amide bonds. The lowest BCUT2D eigenvalue weighted by atomic mass is 10.6. The number of hydrogen-bond acceptors (Lipinski definition) is 6. The van der Waals surface area contributed by atoms with E-state index in [4.69, 9.17) is 18.9 Å². The summed E-state index contributed by atoms with van der Waals surface area (Å²) in [7, 11) is 3.01. The zero-order valence-electron chi connectivity index (χ0n) is 14.8. The third-order valence-electron chi connectivity index (χ3n) is 2.93. The first-order valence-electron chi connectivity index (χ1n) is 8.20. The Kier molecular flexibility index (Phi) is 25.2. The van der Waals surface area contributed by atoms with Gasteiger partial charge in [0.05, 0.1) is 19.0 Å². The van der Waals surface area contributed by atoms with E-state index in [0.717, 1.165) is 24.7 Å². The minimum Gasteiger partial charge on any atom is -0.360 e. The van der Waals surface area contributed by atoms with Crippen LogP contribution in [0.3, 0.4) is 0 Å². The maximum absolute atomic E-state index is 5.44. The molecule has 0 rings (SSSR count). The molecule has 0 aliphatic heterocycles. The Bertz CT molecular complexity index is 196. The summed E-state index contributed by atoms with van der Waals surface area (Å²) < 4.78 is 21.0. The molecular formula is C14H36O4S2Si2. The Labute approximate surface area is 152 Å². The Morgan fingerprint density at radius 1 is 0.773 bits per heavy atom. The lowest BCUT2D eigenvalue weighted by molar-refractivity contribution is -0.0827. The highest BCUT2D eigenvalue weighted by atomic mass is 32.1. The molecule has 4 nitrogen and oxygen atoms in total. The van der Waals surface area contributed by atoms with Crippen LogP contribution in [0, 0.1) is 0 Å². The molecule has 0 heterocycles. The van der Waals surface area contributed by atoms with Gasteiger partial charge in [0.15, 0.2) is 0 Å². The van der Waals surface area contributed by atoms with Gasteiger partial charge < -0.3 is 18.9 Å². The van der Waals surface area contributed by atoms with E-state index >= 15 is 0 Å². The molecule has 0 saturated carbocycles. The second-order valence-electron chi connectivity index (χ2n) is 4.68. The van der Waals surface area contributed by atoms with Gasteiger partial charge in [-0.3, -0.25) is 0 Å². The minimum absolute atomic E-state index is 0.111. The predicted molar refractivity (Wildman–Crippen MR) is 108 cm³/mol. The largest absolute Gasteiger partial charge is 0.360 e. The van der Waals surface area contributed by atoms with Crippen molar-refractivity contribution in [3.8, 4) is 0 Å². The highest BCUT2D eigenvalue weighted by Crippen LogP contribution is 1.99. The van der Waals surface area contributed by atoms with Crippen LogP contribution in [0.1, 0.15) is 26.7 Å². The SMILES string of the molecule is CCOC(OCC)[SiH2]CCCS.COC(OC)[SiH2]CCCS. The van der Waals surface area contributed by atoms with Gasteiger partial charge in [-0.2, -0.15) is 25.3 Å². The molecule has 0 saturated heterocycles. The standard InChI is InChI=1S/C8H20O2SSi.C6H16O2SSi/c1-3-9-8(10-4-2)12-7-5-6-11;1-7-6(8-2)10-5-3-4-9/h8,11H,3-7,12H2,1-2H3;6,9H,3-5,10H2,1-2H3. The van der Waals surface area contributed by atoms with Crippen molar-refractivity contribution in [3.63, 3.8) is 0 Å². The van der Waals surface area contributed by atoms with Crippen molar-refractivity contribution in [1.82, 2.24) is 0 Å². The van der Waals surface area contributed by atoms with Gasteiger partial charge in [0, 0.05) is 27.4 Å². The summed E-state index contributed by atoms with van der Waals surface area (Å²) in [4.78, 5) is 0. The summed E-state index contributed by atoms with van der Waals surface area (Å²) in [6.45, 7) is 5.55. The number of thiol groups is 2. The fourth-order valence-corrected chi connectivity index (χ4v) is 6.07. The van der Waals surface area contributed by atoms with Crippen molar-refractivity contribution in [2.45, 2.75) is 50.6 Å². The van der Waals surface area contributed by atoms with Crippen LogP contribution in [0.15, 0.2) is 0 Å². The molecule has 0 aromatic carbocycles. The average molecular weight is 389 g/mol. The van der Waals surface area contributed by atoms with Crippen molar-refractivity contribution in [1.29, 1.82) is 0 Å². The smallest absolute Gasteiger partial charge is 0.134 e. The van der Waals surface area contributed by atoms with Crippen molar-refractivity contribution in [3.05, 3.63) is 0 Å². The molecule has 0 aromatic heterocycles. The predicted octanol–water partition coefficient (Wildman–Crippen LogP) is 1.72. The molecule has 0 unspecified atom stereocenters. The number of methoxy groups -OCH3 is 2. The van der Waals surface area contributed by atoms with Crippen LogP contribution >= 0.6 is 25.3 Å². The maximum atomic E-state index is 5.44. The summed E-state index contributed by atoms with van der Waals surface area (Å²) >= 11 is 8.29. The van der Waals surface area contributed by atoms with Crippen molar-refractivity contribution in [2.75, 3.05) is 38.9 Å². The summed E-state index contributed by atoms with van der Waals surface area (Å²) in [5.74, 6) is 2.21. The molecule has 0 spiro atoms. The lowest BCUT2D eigenvalue weighted by Crippen LogP contribution is -2.24. The maximum Gasteiger partial charge on any atom is 0.134 e. The topological polar surface area (TPSA) is 36.9 Å². The molecule has 0 aliphatic rings. The number of rotatable bonds is 14. The molecule has 0 fully saturated rings. The lowest BCUT2D eigenvalue weighted by Gasteiger charge is -2.15. The Balaban J connectivity index is 0. The highest BCUT2D eigenvalue weighted by molar-refractivity contribution is 7.80. The summed E-state index contributed by atoms with van der Waals surface area (Å²) in [6.07, 6.45) is 2.39. The van der Waals surface area contributed by atoms with E-state index in [2.05, 4.69) is 25.3 Å². The van der Waals surface area contributed by atoms with Gasteiger partial charge in [-0.1, -0.05) is 12.1 Å². The first kappa shape index (κ1) is 25.2. The van der Waals surface area contributed by atoms with E-state index in [9.17, 15) is 0 Å². The van der Waals surface area contributed by atoms with Gasteiger partial charge in [-0.15, -0.1) is 0 Å². The average Bonchev–Trinajstić information content (AvgIpc) is 2.53. The molecule has 0 atom stereocenters. The molecule has 0 aromatic rings. The second-order valence-corrected chi connectivity index (χ2v) is 9.48. The summed E-state index contributed by atoms with van der Waals surface area (Å²) in [5, 5.41) is 0. The molecule has 0 radical (unpaired) electrons. The van der Waals surface area contributed by atoms with Crippen LogP contribution in [0.4, 0.5) is 0 Å². The molecule has 136 valence electrons. The molecule has 22 heavy (non-hydrogen) atoms. The van der Waals surface area contributed by atoms with Crippen LogP contribution < -0.4 is 0 Å². The summed E-state index contributed by atoms with van der Waals surface area (Å²) in [5.41, 5.74) is 0. The van der Waals surface area contributed by atoms with E-state index in [1.807, 2.05) is 13.8 Å². The van der Waals surface area contributed by atoms with Gasteiger partial charge in [0.2, 0.25) is 0 Å². The van der Waals surface area contributed by atoms with Gasteiger partial charge in [-0.25, -0.2) is 0 Å². The van der Waals surface area contributed by atoms with Crippen molar-refractivity contribution in [2.24, 2.45) is 0 Å². The highest BCUT2D eigenvalue weighted by Gasteiger charge is 2.06.